The van der Waals surface area contributed by atoms with E-state index in [1.807, 2.05) is 25.1 Å². The number of aromatic nitrogens is 2. The van der Waals surface area contributed by atoms with E-state index < -0.39 is 5.97 Å². The summed E-state index contributed by atoms with van der Waals surface area (Å²) in [7, 11) is 1.57. The van der Waals surface area contributed by atoms with Crippen molar-refractivity contribution in [1.82, 2.24) is 9.38 Å². The summed E-state index contributed by atoms with van der Waals surface area (Å²) in [4.78, 5) is 28.5. The van der Waals surface area contributed by atoms with Gasteiger partial charge in [0.1, 0.15) is 4.88 Å². The maximum Gasteiger partial charge on any atom is 0.347 e. The van der Waals surface area contributed by atoms with Gasteiger partial charge < -0.3 is 14.6 Å². The van der Waals surface area contributed by atoms with E-state index in [1.54, 1.807) is 26.2 Å². The number of benzene rings is 1. The molecule has 140 valence electrons. The Morgan fingerprint density at radius 3 is 2.81 bits per heavy atom. The van der Waals surface area contributed by atoms with Crippen molar-refractivity contribution in [2.45, 2.75) is 13.8 Å². The van der Waals surface area contributed by atoms with E-state index in [9.17, 15) is 9.59 Å². The zero-order valence-corrected chi connectivity index (χ0v) is 15.9. The molecule has 3 aromatic rings. The molecule has 0 bridgehead atoms. The number of rotatable bonds is 6. The highest BCUT2D eigenvalue weighted by atomic mass is 32.1. The van der Waals surface area contributed by atoms with Gasteiger partial charge in [0.05, 0.1) is 19.4 Å². The van der Waals surface area contributed by atoms with Crippen molar-refractivity contribution in [2.75, 3.05) is 13.7 Å². The summed E-state index contributed by atoms with van der Waals surface area (Å²) in [6, 6.07) is 5.53. The predicted octanol–water partition coefficient (Wildman–Crippen LogP) is 3.34. The Balaban J connectivity index is 2.08. The van der Waals surface area contributed by atoms with Crippen molar-refractivity contribution in [3.8, 4) is 11.5 Å². The van der Waals surface area contributed by atoms with Crippen LogP contribution in [0.1, 0.15) is 33.4 Å². The summed E-state index contributed by atoms with van der Waals surface area (Å²) >= 11 is 0.955. The second kappa shape index (κ2) is 7.63. The Hall–Kier alpha value is -3.13. The Bertz CT molecular complexity index is 1100. The second-order valence-electron chi connectivity index (χ2n) is 5.63. The molecular weight excluding hydrogens is 368 g/mol. The Morgan fingerprint density at radius 2 is 2.15 bits per heavy atom. The van der Waals surface area contributed by atoms with Gasteiger partial charge in [0.25, 0.3) is 5.56 Å². The van der Waals surface area contributed by atoms with Crippen molar-refractivity contribution in [1.29, 1.82) is 0 Å². The Morgan fingerprint density at radius 1 is 1.37 bits per heavy atom. The molecule has 0 radical (unpaired) electrons. The monoisotopic (exact) mass is 386 g/mol. The molecule has 0 spiro atoms. The number of hydrogen-bond donors (Lipinski definition) is 1. The zero-order chi connectivity index (χ0) is 19.6. The van der Waals surface area contributed by atoms with E-state index in [2.05, 4.69) is 4.98 Å². The van der Waals surface area contributed by atoms with E-state index in [4.69, 9.17) is 14.6 Å². The molecule has 8 heteroatoms. The molecule has 0 aliphatic rings. The van der Waals surface area contributed by atoms with Gasteiger partial charge >= 0.3 is 5.97 Å². The van der Waals surface area contributed by atoms with Crippen LogP contribution in [0.4, 0.5) is 0 Å². The summed E-state index contributed by atoms with van der Waals surface area (Å²) < 4.78 is 12.3. The van der Waals surface area contributed by atoms with Crippen LogP contribution in [0.2, 0.25) is 0 Å². The van der Waals surface area contributed by atoms with E-state index in [0.29, 0.717) is 34.3 Å². The number of aromatic carboxylic acids is 1. The van der Waals surface area contributed by atoms with Crippen LogP contribution >= 0.6 is 11.3 Å². The minimum absolute atomic E-state index is 0.0616. The number of carboxylic acid groups (broad SMARTS) is 1. The van der Waals surface area contributed by atoms with Crippen LogP contribution in [-0.4, -0.2) is 34.2 Å². The Labute approximate surface area is 159 Å². The third-order valence-corrected chi connectivity index (χ3v) is 4.91. The quantitative estimate of drug-likeness (QED) is 0.699. The van der Waals surface area contributed by atoms with E-state index in [-0.39, 0.29) is 10.4 Å². The van der Waals surface area contributed by atoms with Gasteiger partial charge in [0.2, 0.25) is 0 Å². The zero-order valence-electron chi connectivity index (χ0n) is 15.1. The number of nitrogens with zero attached hydrogens (tertiary/aromatic N) is 2. The van der Waals surface area contributed by atoms with Gasteiger partial charge in [-0.15, -0.1) is 0 Å². The molecule has 1 N–H and O–H groups in total. The van der Waals surface area contributed by atoms with E-state index in [1.165, 1.54) is 10.6 Å². The first-order valence-electron chi connectivity index (χ1n) is 8.20. The Kier molecular flexibility index (Phi) is 5.27. The van der Waals surface area contributed by atoms with Gasteiger partial charge in [-0.2, -0.15) is 0 Å². The summed E-state index contributed by atoms with van der Waals surface area (Å²) in [6.07, 6.45) is 4.81. The number of methoxy groups -OCH3 is 1. The number of hydrogen-bond acceptors (Lipinski definition) is 6. The largest absolute Gasteiger partial charge is 0.493 e. The topological polar surface area (TPSA) is 90.1 Å². The molecule has 0 unspecified atom stereocenters. The molecule has 1 aromatic carbocycles. The number of carbonyl (C=O) groups is 1. The van der Waals surface area contributed by atoms with Crippen LogP contribution < -0.4 is 15.0 Å². The molecule has 0 fully saturated rings. The van der Waals surface area contributed by atoms with Crippen LogP contribution in [0, 0.1) is 6.92 Å². The lowest BCUT2D eigenvalue weighted by molar-refractivity contribution is 0.0701. The van der Waals surface area contributed by atoms with Crippen LogP contribution in [0.3, 0.4) is 0 Å². The molecule has 0 atom stereocenters. The molecule has 0 aliphatic heterocycles. The van der Waals surface area contributed by atoms with Gasteiger partial charge in [-0.25, -0.2) is 9.78 Å². The molecule has 2 aromatic heterocycles. The number of carboxylic acids is 1. The first kappa shape index (κ1) is 18.7. The standard InChI is InChI=1S/C19H18N2O5S/c1-4-26-16-12(6-5-7-14(16)25-3)8-9-13-11(2)17(22)21-10-15(18(23)24)27-19(21)20-13/h5-10H,4H2,1-3H3,(H,23,24)/b9-8+. The predicted molar refractivity (Wildman–Crippen MR) is 104 cm³/mol. The number of para-hydroxylation sites is 1. The van der Waals surface area contributed by atoms with Crippen LogP contribution in [0.5, 0.6) is 11.5 Å². The lowest BCUT2D eigenvalue weighted by Gasteiger charge is -2.11. The smallest absolute Gasteiger partial charge is 0.347 e. The average molecular weight is 386 g/mol. The average Bonchev–Trinajstić information content (AvgIpc) is 3.09. The molecule has 0 saturated carbocycles. The normalized spacial score (nSPS) is 11.2. The van der Waals surface area contributed by atoms with Gasteiger partial charge in [-0.1, -0.05) is 23.5 Å². The van der Waals surface area contributed by atoms with Gasteiger partial charge in [0.15, 0.2) is 16.5 Å². The van der Waals surface area contributed by atoms with Gasteiger partial charge in [0, 0.05) is 17.3 Å². The highest BCUT2D eigenvalue weighted by Crippen LogP contribution is 2.32. The fourth-order valence-electron chi connectivity index (χ4n) is 2.60. The lowest BCUT2D eigenvalue weighted by Crippen LogP contribution is -2.17. The van der Waals surface area contributed by atoms with Gasteiger partial charge in [-0.3, -0.25) is 9.20 Å². The molecule has 3 rings (SSSR count). The molecule has 0 saturated heterocycles. The minimum Gasteiger partial charge on any atom is -0.493 e. The van der Waals surface area contributed by atoms with Crippen LogP contribution in [0.15, 0.2) is 29.2 Å². The molecule has 0 amide bonds. The first-order valence-corrected chi connectivity index (χ1v) is 9.01. The van der Waals surface area contributed by atoms with Crippen molar-refractivity contribution < 1.29 is 19.4 Å². The molecule has 7 nitrogen and oxygen atoms in total. The fourth-order valence-corrected chi connectivity index (χ4v) is 3.42. The molecule has 27 heavy (non-hydrogen) atoms. The van der Waals surface area contributed by atoms with E-state index >= 15 is 0 Å². The summed E-state index contributed by atoms with van der Waals surface area (Å²) in [5, 5.41) is 9.13. The summed E-state index contributed by atoms with van der Waals surface area (Å²) in [5.41, 5.74) is 1.40. The number of ether oxygens (including phenoxy) is 2. The SMILES string of the molecule is CCOc1c(/C=C/c2nc3sc(C(=O)O)cn3c(=O)c2C)cccc1OC. The third kappa shape index (κ3) is 3.56. The third-order valence-electron chi connectivity index (χ3n) is 3.94. The minimum atomic E-state index is -1.09. The maximum absolute atomic E-state index is 12.5. The van der Waals surface area contributed by atoms with Crippen molar-refractivity contribution in [3.63, 3.8) is 0 Å². The number of fused-ring (bicyclic) bond motifs is 1. The highest BCUT2D eigenvalue weighted by Gasteiger charge is 2.14. The summed E-state index contributed by atoms with van der Waals surface area (Å²) in [6.45, 7) is 4.03. The maximum atomic E-state index is 12.5. The molecule has 0 aliphatic carbocycles. The summed E-state index contributed by atoms with van der Waals surface area (Å²) in [5.74, 6) is 0.138. The second-order valence-corrected chi connectivity index (χ2v) is 6.63. The number of thiazole rings is 1. The highest BCUT2D eigenvalue weighted by molar-refractivity contribution is 7.18. The lowest BCUT2D eigenvalue weighted by atomic mass is 10.1. The van der Waals surface area contributed by atoms with Crippen LogP contribution in [-0.2, 0) is 0 Å². The fraction of sp³-hybridized carbons (Fsp3) is 0.211. The van der Waals surface area contributed by atoms with Crippen molar-refractivity contribution >= 4 is 34.4 Å². The van der Waals surface area contributed by atoms with Crippen molar-refractivity contribution in [3.05, 3.63) is 56.4 Å². The van der Waals surface area contributed by atoms with Crippen molar-refractivity contribution in [2.24, 2.45) is 0 Å². The van der Waals surface area contributed by atoms with E-state index in [0.717, 1.165) is 16.9 Å². The molecular formula is C19H18N2O5S. The first-order chi connectivity index (χ1) is 13.0. The molecule has 2 heterocycles. The van der Waals surface area contributed by atoms with Gasteiger partial charge in [-0.05, 0) is 32.1 Å². The van der Waals surface area contributed by atoms with Crippen LogP contribution in [0.25, 0.3) is 17.1 Å².